The van der Waals surface area contributed by atoms with Crippen LogP contribution in [0.3, 0.4) is 0 Å². The van der Waals surface area contributed by atoms with Crippen LogP contribution in [0.4, 0.5) is 11.6 Å². The average molecular weight is 212 g/mol. The van der Waals surface area contributed by atoms with Gasteiger partial charge >= 0.3 is 0 Å². The van der Waals surface area contributed by atoms with E-state index >= 15 is 0 Å². The van der Waals surface area contributed by atoms with Gasteiger partial charge in [-0.15, -0.1) is 0 Å². The van der Waals surface area contributed by atoms with Crippen LogP contribution in [0.1, 0.15) is 6.92 Å². The van der Waals surface area contributed by atoms with Gasteiger partial charge in [-0.2, -0.15) is 11.8 Å². The van der Waals surface area contributed by atoms with Crippen molar-refractivity contribution in [3.8, 4) is 0 Å². The van der Waals surface area contributed by atoms with E-state index in [0.717, 1.165) is 12.3 Å². The van der Waals surface area contributed by atoms with Crippen molar-refractivity contribution in [2.75, 3.05) is 29.6 Å². The zero-order valence-corrected chi connectivity index (χ0v) is 9.34. The molecule has 0 radical (unpaired) electrons. The lowest BCUT2D eigenvalue weighted by molar-refractivity contribution is 0.699. The third-order valence-corrected chi connectivity index (χ3v) is 2.70. The van der Waals surface area contributed by atoms with Crippen molar-refractivity contribution in [2.45, 2.75) is 6.92 Å². The van der Waals surface area contributed by atoms with E-state index in [0.29, 0.717) is 17.6 Å². The maximum absolute atomic E-state index is 5.64. The lowest BCUT2D eigenvalue weighted by atomic mass is 10.2. The summed E-state index contributed by atoms with van der Waals surface area (Å²) in [6.45, 7) is 3.07. The molecule has 0 fully saturated rings. The molecule has 0 saturated carbocycles. The Kier molecular flexibility index (Phi) is 4.52. The first-order valence-corrected chi connectivity index (χ1v) is 5.92. The molecule has 0 saturated heterocycles. The monoisotopic (exact) mass is 212 g/mol. The van der Waals surface area contributed by atoms with Crippen LogP contribution in [-0.2, 0) is 0 Å². The summed E-state index contributed by atoms with van der Waals surface area (Å²) in [6.07, 6.45) is 5.33. The first kappa shape index (κ1) is 11.1. The number of nitrogens with one attached hydrogen (secondary N) is 1. The lowest BCUT2D eigenvalue weighted by Crippen LogP contribution is -2.15. The molecule has 1 aromatic heterocycles. The molecule has 3 N–H and O–H groups in total. The van der Waals surface area contributed by atoms with E-state index in [1.165, 1.54) is 0 Å². The van der Waals surface area contributed by atoms with Crippen LogP contribution in [0.25, 0.3) is 0 Å². The predicted molar refractivity (Wildman–Crippen MR) is 62.5 cm³/mol. The quantitative estimate of drug-likeness (QED) is 0.774. The van der Waals surface area contributed by atoms with Gasteiger partial charge in [-0.1, -0.05) is 6.92 Å². The Hall–Kier alpha value is -0.970. The second-order valence-corrected chi connectivity index (χ2v) is 4.14. The van der Waals surface area contributed by atoms with Gasteiger partial charge in [0.1, 0.15) is 0 Å². The summed E-state index contributed by atoms with van der Waals surface area (Å²) in [5.41, 5.74) is 5.64. The highest BCUT2D eigenvalue weighted by Gasteiger charge is 2.03. The molecule has 5 heteroatoms. The van der Waals surface area contributed by atoms with Crippen LogP contribution in [0.15, 0.2) is 12.4 Å². The van der Waals surface area contributed by atoms with Gasteiger partial charge in [0, 0.05) is 18.9 Å². The highest BCUT2D eigenvalue weighted by Crippen LogP contribution is 2.11. The third-order valence-electron chi connectivity index (χ3n) is 1.80. The SMILES string of the molecule is CSCC(C)CNc1nccnc1N. The Balaban J connectivity index is 2.41. The van der Waals surface area contributed by atoms with E-state index in [1.807, 2.05) is 11.8 Å². The molecule has 78 valence electrons. The van der Waals surface area contributed by atoms with Crippen molar-refractivity contribution in [1.29, 1.82) is 0 Å². The Morgan fingerprint density at radius 1 is 1.50 bits per heavy atom. The van der Waals surface area contributed by atoms with Crippen LogP contribution in [0.2, 0.25) is 0 Å². The van der Waals surface area contributed by atoms with Crippen molar-refractivity contribution in [2.24, 2.45) is 5.92 Å². The molecule has 1 aromatic rings. The molecule has 0 aliphatic heterocycles. The van der Waals surface area contributed by atoms with Crippen molar-refractivity contribution >= 4 is 23.4 Å². The Morgan fingerprint density at radius 2 is 2.21 bits per heavy atom. The van der Waals surface area contributed by atoms with E-state index in [-0.39, 0.29) is 0 Å². The van der Waals surface area contributed by atoms with Crippen LogP contribution in [-0.4, -0.2) is 28.5 Å². The van der Waals surface area contributed by atoms with Crippen LogP contribution >= 0.6 is 11.8 Å². The van der Waals surface area contributed by atoms with E-state index in [2.05, 4.69) is 28.5 Å². The molecule has 0 bridgehead atoms. The van der Waals surface area contributed by atoms with Crippen molar-refractivity contribution in [1.82, 2.24) is 9.97 Å². The number of hydrogen-bond donors (Lipinski definition) is 2. The molecule has 0 aliphatic rings. The number of nitrogens with two attached hydrogens (primary N) is 1. The topological polar surface area (TPSA) is 63.8 Å². The minimum absolute atomic E-state index is 0.462. The van der Waals surface area contributed by atoms with Gasteiger partial charge in [0.2, 0.25) is 0 Å². The van der Waals surface area contributed by atoms with Crippen LogP contribution in [0.5, 0.6) is 0 Å². The van der Waals surface area contributed by atoms with Gasteiger partial charge in [-0.25, -0.2) is 9.97 Å². The van der Waals surface area contributed by atoms with Gasteiger partial charge in [0.25, 0.3) is 0 Å². The molecule has 4 nitrogen and oxygen atoms in total. The maximum atomic E-state index is 5.64. The smallest absolute Gasteiger partial charge is 0.168 e. The number of rotatable bonds is 5. The number of hydrogen-bond acceptors (Lipinski definition) is 5. The Morgan fingerprint density at radius 3 is 2.86 bits per heavy atom. The van der Waals surface area contributed by atoms with E-state index in [1.54, 1.807) is 12.4 Å². The molecule has 0 spiro atoms. The molecule has 1 atom stereocenters. The van der Waals surface area contributed by atoms with Gasteiger partial charge in [-0.3, -0.25) is 0 Å². The highest BCUT2D eigenvalue weighted by molar-refractivity contribution is 7.98. The molecule has 14 heavy (non-hydrogen) atoms. The molecule has 1 unspecified atom stereocenters. The van der Waals surface area contributed by atoms with E-state index in [4.69, 9.17) is 5.73 Å². The molecule has 1 heterocycles. The molecule has 0 amide bonds. The first-order valence-electron chi connectivity index (χ1n) is 4.53. The van der Waals surface area contributed by atoms with Gasteiger partial charge in [0.15, 0.2) is 11.6 Å². The molecular weight excluding hydrogens is 196 g/mol. The number of anilines is 2. The summed E-state index contributed by atoms with van der Waals surface area (Å²) in [5, 5.41) is 3.19. The fraction of sp³-hybridized carbons (Fsp3) is 0.556. The summed E-state index contributed by atoms with van der Waals surface area (Å²) in [7, 11) is 0. The van der Waals surface area contributed by atoms with Gasteiger partial charge in [-0.05, 0) is 17.9 Å². The number of aromatic nitrogens is 2. The minimum atomic E-state index is 0.462. The van der Waals surface area contributed by atoms with Gasteiger partial charge in [0.05, 0.1) is 0 Å². The number of nitrogens with zero attached hydrogens (tertiary/aromatic N) is 2. The van der Waals surface area contributed by atoms with Crippen molar-refractivity contribution in [3.05, 3.63) is 12.4 Å². The van der Waals surface area contributed by atoms with Gasteiger partial charge < -0.3 is 11.1 Å². The minimum Gasteiger partial charge on any atom is -0.381 e. The number of thioether (sulfide) groups is 1. The summed E-state index contributed by atoms with van der Waals surface area (Å²) in [6, 6.07) is 0. The predicted octanol–water partition coefficient (Wildman–Crippen LogP) is 1.47. The van der Waals surface area contributed by atoms with Crippen LogP contribution in [0, 0.1) is 5.92 Å². The fourth-order valence-electron chi connectivity index (χ4n) is 1.10. The van der Waals surface area contributed by atoms with Crippen LogP contribution < -0.4 is 11.1 Å². The zero-order chi connectivity index (χ0) is 10.4. The molecular formula is C9H16N4S. The maximum Gasteiger partial charge on any atom is 0.168 e. The van der Waals surface area contributed by atoms with E-state index < -0.39 is 0 Å². The average Bonchev–Trinajstić information content (AvgIpc) is 2.17. The standard InChI is InChI=1S/C9H16N4S/c1-7(6-14-2)5-13-9-8(10)11-3-4-12-9/h3-4,7H,5-6H2,1-2H3,(H2,10,11)(H,12,13). The molecule has 0 aliphatic carbocycles. The van der Waals surface area contributed by atoms with Crippen molar-refractivity contribution in [3.63, 3.8) is 0 Å². The second kappa shape index (κ2) is 5.70. The third kappa shape index (κ3) is 3.41. The fourth-order valence-corrected chi connectivity index (χ4v) is 1.79. The second-order valence-electron chi connectivity index (χ2n) is 3.23. The van der Waals surface area contributed by atoms with E-state index in [9.17, 15) is 0 Å². The summed E-state index contributed by atoms with van der Waals surface area (Å²) in [4.78, 5) is 8.06. The number of nitrogen functional groups attached to an aromatic ring is 1. The largest absolute Gasteiger partial charge is 0.381 e. The summed E-state index contributed by atoms with van der Waals surface area (Å²) >= 11 is 1.84. The highest BCUT2D eigenvalue weighted by atomic mass is 32.2. The summed E-state index contributed by atoms with van der Waals surface area (Å²) < 4.78 is 0. The normalized spacial score (nSPS) is 12.4. The lowest BCUT2D eigenvalue weighted by Gasteiger charge is -2.12. The zero-order valence-electron chi connectivity index (χ0n) is 8.53. The Bertz CT molecular complexity index is 279. The molecule has 1 rings (SSSR count). The Labute approximate surface area is 88.7 Å². The first-order chi connectivity index (χ1) is 6.74. The summed E-state index contributed by atoms with van der Waals surface area (Å²) in [5.74, 6) is 2.88. The molecule has 0 aromatic carbocycles. The van der Waals surface area contributed by atoms with Crippen molar-refractivity contribution < 1.29 is 0 Å².